The number of pyridine rings is 1. The molecule has 0 fully saturated rings. The van der Waals surface area contributed by atoms with E-state index in [-0.39, 0.29) is 27.5 Å². The van der Waals surface area contributed by atoms with Crippen molar-refractivity contribution < 1.29 is 9.18 Å². The lowest BCUT2D eigenvalue weighted by Crippen LogP contribution is -2.30. The fraction of sp³-hybridized carbons (Fsp3) is 0.200. The highest BCUT2D eigenvalue weighted by Gasteiger charge is 2.23. The van der Waals surface area contributed by atoms with E-state index in [2.05, 4.69) is 4.98 Å². The molecule has 2 rings (SSSR count). The fourth-order valence-electron chi connectivity index (χ4n) is 1.97. The minimum absolute atomic E-state index is 0.176. The highest BCUT2D eigenvalue weighted by Crippen LogP contribution is 2.26. The first kappa shape index (κ1) is 15.7. The maximum Gasteiger partial charge on any atom is 0.255 e. The smallest absolute Gasteiger partial charge is 0.255 e. The van der Waals surface area contributed by atoms with Gasteiger partial charge in [-0.25, -0.2) is 9.37 Å². The Bertz CT molecular complexity index is 678. The maximum absolute atomic E-state index is 13.8. The second-order valence-electron chi connectivity index (χ2n) is 4.60. The van der Waals surface area contributed by atoms with Gasteiger partial charge in [-0.15, -0.1) is 0 Å². The molecule has 0 N–H and O–H groups in total. The van der Waals surface area contributed by atoms with E-state index in [1.165, 1.54) is 23.2 Å². The van der Waals surface area contributed by atoms with Gasteiger partial charge in [0.25, 0.3) is 5.91 Å². The van der Waals surface area contributed by atoms with E-state index < -0.39 is 6.04 Å². The molecule has 0 aliphatic heterocycles. The number of hydrogen-bond acceptors (Lipinski definition) is 2. The molecular weight excluding hydrogens is 314 g/mol. The van der Waals surface area contributed by atoms with Gasteiger partial charge in [0.1, 0.15) is 11.0 Å². The van der Waals surface area contributed by atoms with Crippen LogP contribution >= 0.6 is 23.2 Å². The molecule has 1 unspecified atom stereocenters. The molecule has 1 atom stereocenters. The zero-order valence-electron chi connectivity index (χ0n) is 11.5. The Morgan fingerprint density at radius 3 is 2.67 bits per heavy atom. The molecule has 6 heteroatoms. The minimum Gasteiger partial charge on any atom is -0.335 e. The van der Waals surface area contributed by atoms with Crippen LogP contribution in [-0.2, 0) is 0 Å². The highest BCUT2D eigenvalue weighted by molar-refractivity contribution is 6.35. The molecular formula is C15H13Cl2FN2O. The van der Waals surface area contributed by atoms with Crippen LogP contribution < -0.4 is 0 Å². The van der Waals surface area contributed by atoms with Crippen LogP contribution in [0.15, 0.2) is 36.5 Å². The van der Waals surface area contributed by atoms with Crippen molar-refractivity contribution in [2.75, 3.05) is 7.05 Å². The number of carbonyl (C=O) groups excluding carboxylic acids is 1. The van der Waals surface area contributed by atoms with Crippen molar-refractivity contribution in [3.8, 4) is 0 Å². The normalized spacial score (nSPS) is 12.0. The first-order valence-electron chi connectivity index (χ1n) is 6.24. The van der Waals surface area contributed by atoms with Gasteiger partial charge in [-0.3, -0.25) is 4.79 Å². The molecule has 0 aliphatic rings. The van der Waals surface area contributed by atoms with E-state index >= 15 is 0 Å². The molecule has 110 valence electrons. The van der Waals surface area contributed by atoms with Crippen molar-refractivity contribution in [2.24, 2.45) is 0 Å². The van der Waals surface area contributed by atoms with Gasteiger partial charge in [-0.05, 0) is 19.1 Å². The molecule has 0 saturated carbocycles. The number of nitrogens with zero attached hydrogens (tertiary/aromatic N) is 2. The van der Waals surface area contributed by atoms with E-state index in [0.717, 1.165) is 0 Å². The van der Waals surface area contributed by atoms with Crippen LogP contribution in [-0.4, -0.2) is 22.8 Å². The number of amides is 1. The Kier molecular flexibility index (Phi) is 4.80. The molecule has 0 saturated heterocycles. The van der Waals surface area contributed by atoms with Crippen molar-refractivity contribution >= 4 is 29.1 Å². The van der Waals surface area contributed by atoms with Gasteiger partial charge in [0.2, 0.25) is 0 Å². The molecule has 1 amide bonds. The second-order valence-corrected chi connectivity index (χ2v) is 5.39. The third kappa shape index (κ3) is 3.34. The molecule has 3 nitrogen and oxygen atoms in total. The van der Waals surface area contributed by atoms with E-state index in [9.17, 15) is 9.18 Å². The molecule has 1 heterocycles. The number of carbonyl (C=O) groups is 1. The van der Waals surface area contributed by atoms with Gasteiger partial charge >= 0.3 is 0 Å². The van der Waals surface area contributed by atoms with Crippen LogP contribution in [0, 0.1) is 5.82 Å². The molecule has 0 aliphatic carbocycles. The lowest BCUT2D eigenvalue weighted by molar-refractivity contribution is 0.0740. The molecule has 1 aromatic heterocycles. The Balaban J connectivity index is 2.31. The van der Waals surface area contributed by atoms with E-state index in [4.69, 9.17) is 23.2 Å². The number of hydrogen-bond donors (Lipinski definition) is 0. The maximum atomic E-state index is 13.8. The van der Waals surface area contributed by atoms with Crippen LogP contribution in [0.4, 0.5) is 4.39 Å². The predicted molar refractivity (Wildman–Crippen MR) is 81.2 cm³/mol. The summed E-state index contributed by atoms with van der Waals surface area (Å²) >= 11 is 11.8. The van der Waals surface area contributed by atoms with Gasteiger partial charge in [0.15, 0.2) is 0 Å². The van der Waals surface area contributed by atoms with Crippen molar-refractivity contribution in [1.29, 1.82) is 0 Å². The van der Waals surface area contributed by atoms with Gasteiger partial charge in [0, 0.05) is 18.8 Å². The average molecular weight is 327 g/mol. The lowest BCUT2D eigenvalue weighted by atomic mass is 10.1. The Morgan fingerprint density at radius 1 is 1.33 bits per heavy atom. The highest BCUT2D eigenvalue weighted by atomic mass is 35.5. The number of halogens is 3. The molecule has 2 aromatic rings. The van der Waals surface area contributed by atoms with Crippen molar-refractivity contribution in [3.63, 3.8) is 0 Å². The molecule has 0 radical (unpaired) electrons. The van der Waals surface area contributed by atoms with Gasteiger partial charge < -0.3 is 4.90 Å². The van der Waals surface area contributed by atoms with Crippen LogP contribution in [0.3, 0.4) is 0 Å². The summed E-state index contributed by atoms with van der Waals surface area (Å²) in [5.74, 6) is -0.705. The summed E-state index contributed by atoms with van der Waals surface area (Å²) in [6.45, 7) is 1.74. The van der Waals surface area contributed by atoms with Crippen LogP contribution in [0.1, 0.15) is 28.9 Å². The third-order valence-corrected chi connectivity index (χ3v) is 3.82. The molecule has 1 aromatic carbocycles. The molecule has 0 spiro atoms. The second kappa shape index (κ2) is 6.41. The monoisotopic (exact) mass is 326 g/mol. The van der Waals surface area contributed by atoms with Crippen molar-refractivity contribution in [3.05, 3.63) is 63.6 Å². The predicted octanol–water partition coefficient (Wildman–Crippen LogP) is 4.36. The summed E-state index contributed by atoms with van der Waals surface area (Å²) in [5, 5.41) is 0.381. The minimum atomic E-state index is -0.443. The Labute approximate surface area is 132 Å². The van der Waals surface area contributed by atoms with E-state index in [1.807, 2.05) is 0 Å². The fourth-order valence-corrected chi connectivity index (χ4v) is 2.31. The number of aromatic nitrogens is 1. The summed E-state index contributed by atoms with van der Waals surface area (Å²) in [5.41, 5.74) is 0.673. The summed E-state index contributed by atoms with van der Waals surface area (Å²) in [6.07, 6.45) is 1.32. The van der Waals surface area contributed by atoms with Crippen LogP contribution in [0.2, 0.25) is 10.2 Å². The van der Waals surface area contributed by atoms with Crippen molar-refractivity contribution in [2.45, 2.75) is 13.0 Å². The lowest BCUT2D eigenvalue weighted by Gasteiger charge is -2.26. The Hall–Kier alpha value is -1.65. The summed E-state index contributed by atoms with van der Waals surface area (Å²) in [4.78, 5) is 17.7. The van der Waals surface area contributed by atoms with Crippen LogP contribution in [0.25, 0.3) is 0 Å². The number of rotatable bonds is 3. The largest absolute Gasteiger partial charge is 0.335 e. The number of benzene rings is 1. The third-order valence-electron chi connectivity index (χ3n) is 3.31. The summed E-state index contributed by atoms with van der Waals surface area (Å²) in [7, 11) is 1.59. The average Bonchev–Trinajstić information content (AvgIpc) is 2.48. The summed E-state index contributed by atoms with van der Waals surface area (Å²) < 4.78 is 13.8. The molecule has 0 bridgehead atoms. The van der Waals surface area contributed by atoms with E-state index in [0.29, 0.717) is 5.56 Å². The molecule has 21 heavy (non-hydrogen) atoms. The zero-order chi connectivity index (χ0) is 15.6. The zero-order valence-corrected chi connectivity index (χ0v) is 13.0. The first-order chi connectivity index (χ1) is 9.91. The summed E-state index contributed by atoms with van der Waals surface area (Å²) in [6, 6.07) is 7.29. The van der Waals surface area contributed by atoms with Gasteiger partial charge in [0.05, 0.1) is 16.6 Å². The topological polar surface area (TPSA) is 33.2 Å². The van der Waals surface area contributed by atoms with Crippen LogP contribution in [0.5, 0.6) is 0 Å². The van der Waals surface area contributed by atoms with Crippen molar-refractivity contribution in [1.82, 2.24) is 9.88 Å². The van der Waals surface area contributed by atoms with E-state index in [1.54, 1.807) is 32.2 Å². The SMILES string of the molecule is CC(c1ccccc1F)N(C)C(=O)c1cc(Cl)ncc1Cl. The van der Waals surface area contributed by atoms with Gasteiger partial charge in [-0.2, -0.15) is 0 Å². The quantitative estimate of drug-likeness (QED) is 0.785. The first-order valence-corrected chi connectivity index (χ1v) is 7.00. The standard InChI is InChI=1S/C15H13Cl2FN2O/c1-9(10-5-3-4-6-13(10)18)20(2)15(21)11-7-14(17)19-8-12(11)16/h3-9H,1-2H3. The Morgan fingerprint density at radius 2 is 2.00 bits per heavy atom. The van der Waals surface area contributed by atoms with Gasteiger partial charge in [-0.1, -0.05) is 41.4 Å².